The summed E-state index contributed by atoms with van der Waals surface area (Å²) in [5.74, 6) is -2.66. The number of hydrogen-bond donors (Lipinski definition) is 2. The summed E-state index contributed by atoms with van der Waals surface area (Å²) in [7, 11) is 0. The van der Waals surface area contributed by atoms with E-state index < -0.39 is 58.4 Å². The molecule has 0 spiro atoms. The number of ketones is 2. The molecule has 8 atom stereocenters. The maximum Gasteiger partial charge on any atom is 0.306 e. The first-order valence-corrected chi connectivity index (χ1v) is 12.1. The summed E-state index contributed by atoms with van der Waals surface area (Å²) in [6.07, 6.45) is 5.10. The molecule has 0 amide bonds. The van der Waals surface area contributed by atoms with Crippen LogP contribution < -0.4 is 0 Å². The van der Waals surface area contributed by atoms with Crippen molar-refractivity contribution < 1.29 is 33.7 Å². The largest absolute Gasteiger partial charge is 0.458 e. The second kappa shape index (κ2) is 7.84. The van der Waals surface area contributed by atoms with Crippen LogP contribution in [0.3, 0.4) is 0 Å². The SMILES string of the molecule is CCCC(=O)OCC(=O)[C@@]1(O)[C@H](C)C[C@H]2[C@@H]3CCC4=CC(=O)C=C[C@]4(C)[C@@]3(F)[C@@H](O)C[C@@]21C. The van der Waals surface area contributed by atoms with E-state index in [0.717, 1.165) is 0 Å². The Labute approximate surface area is 194 Å². The predicted molar refractivity (Wildman–Crippen MR) is 119 cm³/mol. The zero-order valence-corrected chi connectivity index (χ0v) is 19.9. The highest BCUT2D eigenvalue weighted by Gasteiger charge is 2.75. The van der Waals surface area contributed by atoms with Gasteiger partial charge in [0.2, 0.25) is 5.78 Å². The summed E-state index contributed by atoms with van der Waals surface area (Å²) in [4.78, 5) is 37.0. The van der Waals surface area contributed by atoms with Crippen LogP contribution in [0.4, 0.5) is 4.39 Å². The summed E-state index contributed by atoms with van der Waals surface area (Å²) in [5.41, 5.74) is -5.33. The van der Waals surface area contributed by atoms with Gasteiger partial charge in [-0.15, -0.1) is 0 Å². The molecule has 0 aromatic carbocycles. The van der Waals surface area contributed by atoms with E-state index in [1.807, 2.05) is 6.92 Å². The summed E-state index contributed by atoms with van der Waals surface area (Å²) in [6, 6.07) is 0. The number of halogens is 1. The molecule has 0 aromatic heterocycles. The molecule has 0 radical (unpaired) electrons. The molecular formula is C26H35FO6. The van der Waals surface area contributed by atoms with Crippen molar-refractivity contribution in [3.05, 3.63) is 23.8 Å². The van der Waals surface area contributed by atoms with Crippen molar-refractivity contribution in [2.24, 2.45) is 28.6 Å². The first kappa shape index (κ1) is 24.3. The fraction of sp³-hybridized carbons (Fsp3) is 0.731. The van der Waals surface area contributed by atoms with Gasteiger partial charge in [-0.1, -0.05) is 32.4 Å². The number of rotatable bonds is 5. The van der Waals surface area contributed by atoms with Gasteiger partial charge in [-0.05, 0) is 63.0 Å². The molecular weight excluding hydrogens is 427 g/mol. The Kier molecular flexibility index (Phi) is 5.77. The van der Waals surface area contributed by atoms with E-state index in [2.05, 4.69) is 0 Å². The molecule has 0 unspecified atom stereocenters. The van der Waals surface area contributed by atoms with E-state index in [9.17, 15) is 24.6 Å². The third kappa shape index (κ3) is 3.07. The molecule has 0 heterocycles. The summed E-state index contributed by atoms with van der Waals surface area (Å²) in [5, 5.41) is 23.1. The number of carbonyl (C=O) groups is 3. The summed E-state index contributed by atoms with van der Waals surface area (Å²) < 4.78 is 22.2. The smallest absolute Gasteiger partial charge is 0.306 e. The van der Waals surface area contributed by atoms with Gasteiger partial charge in [-0.2, -0.15) is 0 Å². The monoisotopic (exact) mass is 462 g/mol. The van der Waals surface area contributed by atoms with Crippen LogP contribution in [0.5, 0.6) is 0 Å². The first-order chi connectivity index (χ1) is 15.4. The quantitative estimate of drug-likeness (QED) is 0.609. The van der Waals surface area contributed by atoms with Crippen molar-refractivity contribution in [2.75, 3.05) is 6.61 Å². The molecule has 4 aliphatic carbocycles. The molecule has 4 aliphatic rings. The minimum Gasteiger partial charge on any atom is -0.458 e. The van der Waals surface area contributed by atoms with Crippen LogP contribution in [-0.4, -0.2) is 51.7 Å². The minimum atomic E-state index is -2.01. The van der Waals surface area contributed by atoms with Gasteiger partial charge >= 0.3 is 5.97 Å². The number of ether oxygens (including phenoxy) is 1. The third-order valence-electron chi connectivity index (χ3n) is 9.47. The lowest BCUT2D eigenvalue weighted by Gasteiger charge is -2.62. The van der Waals surface area contributed by atoms with E-state index >= 15 is 4.39 Å². The maximum absolute atomic E-state index is 17.1. The van der Waals surface area contributed by atoms with Crippen molar-refractivity contribution in [3.8, 4) is 0 Å². The van der Waals surface area contributed by atoms with Crippen molar-refractivity contribution in [1.82, 2.24) is 0 Å². The fourth-order valence-corrected chi connectivity index (χ4v) is 7.67. The number of esters is 1. The lowest BCUT2D eigenvalue weighted by Crippen LogP contribution is -2.69. The first-order valence-electron chi connectivity index (χ1n) is 12.1. The molecule has 2 N–H and O–H groups in total. The van der Waals surface area contributed by atoms with Gasteiger partial charge in [0.15, 0.2) is 18.1 Å². The third-order valence-corrected chi connectivity index (χ3v) is 9.47. The van der Waals surface area contributed by atoms with Gasteiger partial charge in [0.1, 0.15) is 5.60 Å². The second-order valence-electron chi connectivity index (χ2n) is 11.0. The highest BCUT2D eigenvalue weighted by Crippen LogP contribution is 2.70. The molecule has 33 heavy (non-hydrogen) atoms. The van der Waals surface area contributed by atoms with Gasteiger partial charge in [0.05, 0.1) is 6.10 Å². The minimum absolute atomic E-state index is 0.0925. The maximum atomic E-state index is 17.1. The Morgan fingerprint density at radius 2 is 1.97 bits per heavy atom. The molecule has 0 bridgehead atoms. The fourth-order valence-electron chi connectivity index (χ4n) is 7.67. The Bertz CT molecular complexity index is 941. The lowest BCUT2D eigenvalue weighted by atomic mass is 9.44. The molecule has 3 saturated carbocycles. The van der Waals surface area contributed by atoms with E-state index in [4.69, 9.17) is 4.74 Å². The highest BCUT2D eigenvalue weighted by atomic mass is 19.1. The average molecular weight is 463 g/mol. The lowest BCUT2D eigenvalue weighted by molar-refractivity contribution is -0.220. The number of hydrogen-bond acceptors (Lipinski definition) is 6. The van der Waals surface area contributed by atoms with E-state index in [1.54, 1.807) is 26.8 Å². The van der Waals surface area contributed by atoms with Gasteiger partial charge in [0, 0.05) is 23.2 Å². The number of aliphatic hydroxyl groups excluding tert-OH is 1. The Morgan fingerprint density at radius 1 is 1.27 bits per heavy atom. The number of Topliss-reactive ketones (excluding diaryl/α,β-unsaturated/α-hetero) is 1. The van der Waals surface area contributed by atoms with Crippen LogP contribution in [0.1, 0.15) is 66.2 Å². The number of alkyl halides is 1. The number of allylic oxidation sites excluding steroid dienone is 4. The summed E-state index contributed by atoms with van der Waals surface area (Å²) >= 11 is 0. The molecule has 182 valence electrons. The molecule has 0 aromatic rings. The van der Waals surface area contributed by atoms with Crippen LogP contribution in [0.15, 0.2) is 23.8 Å². The van der Waals surface area contributed by atoms with E-state index in [0.29, 0.717) is 31.3 Å². The molecule has 4 rings (SSSR count). The standard InChI is InChI=1S/C26H35FO6/c1-5-6-22(31)33-14-21(30)26(32)15(2)11-19-18-8-7-16-12-17(28)9-10-23(16,3)25(18,27)20(29)13-24(19,26)4/h9-10,12,15,18-20,29,32H,5-8,11,13-14H2,1-4H3/t15-,18+,19+,20+,23+,24+,25+,26+/m1/s1. The average Bonchev–Trinajstić information content (AvgIpc) is 2.95. The van der Waals surface area contributed by atoms with Gasteiger partial charge in [0.25, 0.3) is 0 Å². The second-order valence-corrected chi connectivity index (χ2v) is 11.0. The van der Waals surface area contributed by atoms with E-state index in [-0.39, 0.29) is 24.5 Å². The Morgan fingerprint density at radius 3 is 2.64 bits per heavy atom. The van der Waals surface area contributed by atoms with Crippen LogP contribution in [0.25, 0.3) is 0 Å². The Hall–Kier alpha value is -1.86. The molecule has 0 aliphatic heterocycles. The zero-order valence-electron chi connectivity index (χ0n) is 19.9. The van der Waals surface area contributed by atoms with Crippen LogP contribution in [0.2, 0.25) is 0 Å². The van der Waals surface area contributed by atoms with E-state index in [1.165, 1.54) is 12.2 Å². The van der Waals surface area contributed by atoms with Gasteiger partial charge in [-0.3, -0.25) is 14.4 Å². The van der Waals surface area contributed by atoms with Crippen LogP contribution >= 0.6 is 0 Å². The van der Waals surface area contributed by atoms with Crippen molar-refractivity contribution in [2.45, 2.75) is 83.6 Å². The molecule has 7 heteroatoms. The number of fused-ring (bicyclic) bond motifs is 5. The van der Waals surface area contributed by atoms with Crippen molar-refractivity contribution in [1.29, 1.82) is 0 Å². The zero-order chi connectivity index (χ0) is 24.4. The van der Waals surface area contributed by atoms with Crippen LogP contribution in [-0.2, 0) is 19.1 Å². The predicted octanol–water partition coefficient (Wildman–Crippen LogP) is 3.25. The number of aliphatic hydroxyl groups is 2. The van der Waals surface area contributed by atoms with Crippen molar-refractivity contribution >= 4 is 17.5 Å². The van der Waals surface area contributed by atoms with Crippen molar-refractivity contribution in [3.63, 3.8) is 0 Å². The molecule has 0 saturated heterocycles. The molecule has 3 fully saturated rings. The normalized spacial score (nSPS) is 46.2. The Balaban J connectivity index is 1.69. The van der Waals surface area contributed by atoms with Gasteiger partial charge < -0.3 is 14.9 Å². The van der Waals surface area contributed by atoms with Gasteiger partial charge in [-0.25, -0.2) is 4.39 Å². The topological polar surface area (TPSA) is 101 Å². The summed E-state index contributed by atoms with van der Waals surface area (Å²) in [6.45, 7) is 6.58. The highest BCUT2D eigenvalue weighted by molar-refractivity contribution is 6.01. The molecule has 6 nitrogen and oxygen atoms in total. The van der Waals surface area contributed by atoms with Crippen LogP contribution in [0, 0.1) is 28.6 Å². The number of carbonyl (C=O) groups excluding carboxylic acids is 3.